The molecule has 6 nitrogen and oxygen atoms in total. The number of aromatic nitrogens is 1. The first kappa shape index (κ1) is 17.5. The number of benzene rings is 2. The van der Waals surface area contributed by atoms with E-state index in [2.05, 4.69) is 15.9 Å². The Balaban J connectivity index is 2.33. The van der Waals surface area contributed by atoms with Crippen molar-refractivity contribution in [3.05, 3.63) is 58.7 Å². The molecule has 3 rings (SSSR count). The van der Waals surface area contributed by atoms with E-state index in [4.69, 9.17) is 9.47 Å². The maximum absolute atomic E-state index is 13.2. The smallest absolute Gasteiger partial charge is 0.340 e. The third kappa shape index (κ3) is 2.91. The fourth-order valence-corrected chi connectivity index (χ4v) is 4.65. The van der Waals surface area contributed by atoms with Crippen molar-refractivity contribution in [3.8, 4) is 5.75 Å². The molecule has 0 unspecified atom stereocenters. The highest BCUT2D eigenvalue weighted by Gasteiger charge is 2.26. The van der Waals surface area contributed by atoms with Crippen LogP contribution < -0.4 is 4.74 Å². The van der Waals surface area contributed by atoms with E-state index in [9.17, 15) is 13.2 Å². The topological polar surface area (TPSA) is 74.6 Å². The van der Waals surface area contributed by atoms with Crippen LogP contribution in [0, 0.1) is 0 Å². The van der Waals surface area contributed by atoms with Crippen LogP contribution in [0.2, 0.25) is 0 Å². The maximum atomic E-state index is 13.2. The van der Waals surface area contributed by atoms with Gasteiger partial charge < -0.3 is 9.47 Å². The molecule has 0 saturated carbocycles. The minimum atomic E-state index is -4.00. The zero-order valence-electron chi connectivity index (χ0n) is 13.4. The highest BCUT2D eigenvalue weighted by atomic mass is 79.9. The number of nitrogens with zero attached hydrogens (tertiary/aromatic N) is 1. The zero-order valence-corrected chi connectivity index (χ0v) is 15.8. The largest absolute Gasteiger partial charge is 0.495 e. The Hall–Kier alpha value is -2.32. The lowest BCUT2D eigenvalue weighted by molar-refractivity contribution is 0.0603. The van der Waals surface area contributed by atoms with Gasteiger partial charge in [0.25, 0.3) is 10.0 Å². The van der Waals surface area contributed by atoms with Gasteiger partial charge in [-0.25, -0.2) is 17.2 Å². The second-order valence-electron chi connectivity index (χ2n) is 5.15. The highest BCUT2D eigenvalue weighted by molar-refractivity contribution is 9.10. The Morgan fingerprint density at radius 2 is 1.84 bits per heavy atom. The summed E-state index contributed by atoms with van der Waals surface area (Å²) in [6, 6.07) is 11.4. The molecule has 1 heterocycles. The van der Waals surface area contributed by atoms with Crippen LogP contribution in [0.4, 0.5) is 0 Å². The van der Waals surface area contributed by atoms with E-state index < -0.39 is 16.0 Å². The van der Waals surface area contributed by atoms with Crippen molar-refractivity contribution >= 4 is 42.8 Å². The van der Waals surface area contributed by atoms with Gasteiger partial charge in [0.15, 0.2) is 0 Å². The van der Waals surface area contributed by atoms with Crippen LogP contribution in [0.5, 0.6) is 5.75 Å². The van der Waals surface area contributed by atoms with Crippen molar-refractivity contribution < 1.29 is 22.7 Å². The molecule has 3 aromatic rings. The molecule has 1 aromatic heterocycles. The summed E-state index contributed by atoms with van der Waals surface area (Å²) in [5.74, 6) is -0.396. The molecule has 0 atom stereocenters. The molecule has 0 radical (unpaired) electrons. The first-order valence-corrected chi connectivity index (χ1v) is 9.41. The Labute approximate surface area is 153 Å². The summed E-state index contributed by atoms with van der Waals surface area (Å²) in [5, 5.41) is 0.492. The van der Waals surface area contributed by atoms with Gasteiger partial charge in [-0.15, -0.1) is 0 Å². The fraction of sp³-hybridized carbons (Fsp3) is 0.118. The van der Waals surface area contributed by atoms with Crippen molar-refractivity contribution in [2.45, 2.75) is 4.90 Å². The molecular formula is C17H14BrNO5S. The number of hydrogen-bond donors (Lipinski definition) is 0. The number of carbonyl (C=O) groups excluding carboxylic acids is 1. The summed E-state index contributed by atoms with van der Waals surface area (Å²) in [5.41, 5.74) is 0.556. The van der Waals surface area contributed by atoms with Gasteiger partial charge in [0.05, 0.1) is 25.3 Å². The van der Waals surface area contributed by atoms with E-state index in [-0.39, 0.29) is 16.2 Å². The first-order valence-electron chi connectivity index (χ1n) is 7.17. The van der Waals surface area contributed by atoms with E-state index in [0.717, 1.165) is 3.97 Å². The first-order chi connectivity index (χ1) is 11.9. The Morgan fingerprint density at radius 3 is 2.52 bits per heavy atom. The van der Waals surface area contributed by atoms with Gasteiger partial charge in [-0.1, -0.05) is 34.1 Å². The standard InChI is InChI=1S/C17H14BrNO5S/c1-23-15-8-7-11(18)9-16(15)25(21,22)19-10-13(17(20)24-2)12-5-3-4-6-14(12)19/h3-10H,1-2H3. The quantitative estimate of drug-likeness (QED) is 0.600. The number of halogens is 1. The average Bonchev–Trinajstić information content (AvgIpc) is 3.01. The van der Waals surface area contributed by atoms with Crippen LogP contribution in [0.15, 0.2) is 58.0 Å². The predicted molar refractivity (Wildman–Crippen MR) is 96.6 cm³/mol. The van der Waals surface area contributed by atoms with Crippen molar-refractivity contribution in [1.82, 2.24) is 3.97 Å². The van der Waals surface area contributed by atoms with E-state index in [1.807, 2.05) is 0 Å². The molecule has 0 fully saturated rings. The Bertz CT molecular complexity index is 1070. The predicted octanol–water partition coefficient (Wildman–Crippen LogP) is 3.44. The van der Waals surface area contributed by atoms with Crippen molar-refractivity contribution in [2.75, 3.05) is 14.2 Å². The highest BCUT2D eigenvalue weighted by Crippen LogP contribution is 2.32. The van der Waals surface area contributed by atoms with Gasteiger partial charge in [0, 0.05) is 16.1 Å². The number of ether oxygens (including phenoxy) is 2. The number of fused-ring (bicyclic) bond motifs is 1. The van der Waals surface area contributed by atoms with Gasteiger partial charge in [-0.2, -0.15) is 0 Å². The fourth-order valence-electron chi connectivity index (χ4n) is 2.58. The minimum Gasteiger partial charge on any atom is -0.495 e. The molecule has 8 heteroatoms. The number of methoxy groups -OCH3 is 2. The normalized spacial score (nSPS) is 11.5. The van der Waals surface area contributed by atoms with E-state index in [0.29, 0.717) is 15.4 Å². The van der Waals surface area contributed by atoms with Crippen LogP contribution in [-0.2, 0) is 14.8 Å². The lowest BCUT2D eigenvalue weighted by Gasteiger charge is -2.12. The zero-order chi connectivity index (χ0) is 18.2. The van der Waals surface area contributed by atoms with Gasteiger partial charge in [0.1, 0.15) is 10.6 Å². The van der Waals surface area contributed by atoms with Gasteiger partial charge in [-0.05, 0) is 24.3 Å². The number of rotatable bonds is 4. The summed E-state index contributed by atoms with van der Waals surface area (Å²) < 4.78 is 38.0. The minimum absolute atomic E-state index is 0.0125. The molecule has 2 aromatic carbocycles. The number of para-hydroxylation sites is 1. The second kappa shape index (κ2) is 6.53. The number of esters is 1. The maximum Gasteiger partial charge on any atom is 0.340 e. The summed E-state index contributed by atoms with van der Waals surface area (Å²) in [6.45, 7) is 0. The van der Waals surface area contributed by atoms with E-state index in [1.54, 1.807) is 36.4 Å². The molecule has 0 saturated heterocycles. The van der Waals surface area contributed by atoms with Crippen LogP contribution >= 0.6 is 15.9 Å². The Kier molecular flexibility index (Phi) is 4.57. The molecule has 0 aliphatic heterocycles. The summed E-state index contributed by atoms with van der Waals surface area (Å²) in [6.07, 6.45) is 1.27. The molecule has 0 spiro atoms. The third-order valence-electron chi connectivity index (χ3n) is 3.75. The van der Waals surface area contributed by atoms with Crippen LogP contribution in [0.1, 0.15) is 10.4 Å². The molecule has 0 N–H and O–H groups in total. The van der Waals surface area contributed by atoms with Crippen LogP contribution in [0.3, 0.4) is 0 Å². The molecule has 25 heavy (non-hydrogen) atoms. The van der Waals surface area contributed by atoms with Crippen LogP contribution in [0.25, 0.3) is 10.9 Å². The molecule has 0 aliphatic rings. The van der Waals surface area contributed by atoms with E-state index >= 15 is 0 Å². The molecule has 0 aliphatic carbocycles. The van der Waals surface area contributed by atoms with Crippen molar-refractivity contribution in [2.24, 2.45) is 0 Å². The molecule has 0 bridgehead atoms. The molecule has 130 valence electrons. The lowest BCUT2D eigenvalue weighted by Crippen LogP contribution is -2.13. The molecular weight excluding hydrogens is 410 g/mol. The second-order valence-corrected chi connectivity index (χ2v) is 7.85. The lowest BCUT2D eigenvalue weighted by atomic mass is 10.2. The van der Waals surface area contributed by atoms with Gasteiger partial charge >= 0.3 is 5.97 Å². The summed E-state index contributed by atoms with van der Waals surface area (Å²) >= 11 is 3.28. The number of carbonyl (C=O) groups is 1. The van der Waals surface area contributed by atoms with E-state index in [1.165, 1.54) is 26.5 Å². The average molecular weight is 424 g/mol. The molecule has 0 amide bonds. The van der Waals surface area contributed by atoms with Gasteiger partial charge in [-0.3, -0.25) is 0 Å². The monoisotopic (exact) mass is 423 g/mol. The number of hydrogen-bond acceptors (Lipinski definition) is 5. The summed E-state index contributed by atoms with van der Waals surface area (Å²) in [7, 11) is -1.35. The summed E-state index contributed by atoms with van der Waals surface area (Å²) in [4.78, 5) is 12.0. The van der Waals surface area contributed by atoms with Gasteiger partial charge in [0.2, 0.25) is 0 Å². The van der Waals surface area contributed by atoms with Crippen molar-refractivity contribution in [1.29, 1.82) is 0 Å². The van der Waals surface area contributed by atoms with Crippen molar-refractivity contribution in [3.63, 3.8) is 0 Å². The third-order valence-corrected chi connectivity index (χ3v) is 5.93. The van der Waals surface area contributed by atoms with Crippen LogP contribution in [-0.4, -0.2) is 32.6 Å². The SMILES string of the molecule is COC(=O)c1cn(S(=O)(=O)c2cc(Br)ccc2OC)c2ccccc12. The Morgan fingerprint density at radius 1 is 1.12 bits per heavy atom.